The van der Waals surface area contributed by atoms with Gasteiger partial charge in [-0.1, -0.05) is 41.9 Å². The number of carbonyl (C=O) groups is 1. The van der Waals surface area contributed by atoms with Crippen LogP contribution in [0.3, 0.4) is 0 Å². The summed E-state index contributed by atoms with van der Waals surface area (Å²) < 4.78 is 13.7. The van der Waals surface area contributed by atoms with Crippen molar-refractivity contribution in [2.75, 3.05) is 0 Å². The molecule has 0 amide bonds. The molecule has 1 saturated carbocycles. The van der Waals surface area contributed by atoms with Gasteiger partial charge in [0.1, 0.15) is 5.82 Å². The molecule has 19 heavy (non-hydrogen) atoms. The molecule has 1 aliphatic carbocycles. The summed E-state index contributed by atoms with van der Waals surface area (Å²) in [6.07, 6.45) is 0.787. The molecule has 0 heterocycles. The highest BCUT2D eigenvalue weighted by molar-refractivity contribution is 6.31. The second-order valence-corrected chi connectivity index (χ2v) is 5.28. The fourth-order valence-electron chi connectivity index (χ4n) is 2.44. The molecule has 1 fully saturated rings. The van der Waals surface area contributed by atoms with Crippen LogP contribution in [0.15, 0.2) is 48.5 Å². The normalized spacial score (nSPS) is 21.2. The van der Waals surface area contributed by atoms with E-state index in [4.69, 9.17) is 11.6 Å². The van der Waals surface area contributed by atoms with Gasteiger partial charge in [-0.3, -0.25) is 4.79 Å². The summed E-state index contributed by atoms with van der Waals surface area (Å²) in [5.41, 5.74) is 1.25. The van der Waals surface area contributed by atoms with E-state index >= 15 is 0 Å². The summed E-state index contributed by atoms with van der Waals surface area (Å²) in [6.45, 7) is 0. The van der Waals surface area contributed by atoms with Crippen molar-refractivity contribution in [1.29, 1.82) is 0 Å². The summed E-state index contributed by atoms with van der Waals surface area (Å²) in [7, 11) is 0. The zero-order valence-corrected chi connectivity index (χ0v) is 10.9. The Balaban J connectivity index is 1.82. The summed E-state index contributed by atoms with van der Waals surface area (Å²) >= 11 is 5.82. The molecule has 0 radical (unpaired) electrons. The molecule has 0 N–H and O–H groups in total. The zero-order valence-electron chi connectivity index (χ0n) is 10.1. The number of hydrogen-bond acceptors (Lipinski definition) is 1. The van der Waals surface area contributed by atoms with E-state index in [1.165, 1.54) is 18.2 Å². The lowest BCUT2D eigenvalue weighted by molar-refractivity contribution is 0.0961. The van der Waals surface area contributed by atoms with Gasteiger partial charge in [0.2, 0.25) is 0 Å². The van der Waals surface area contributed by atoms with Crippen LogP contribution in [0.25, 0.3) is 0 Å². The Morgan fingerprint density at radius 3 is 2.63 bits per heavy atom. The van der Waals surface area contributed by atoms with E-state index in [2.05, 4.69) is 0 Å². The number of hydrogen-bond donors (Lipinski definition) is 0. The smallest absolute Gasteiger partial charge is 0.169 e. The number of halogens is 2. The Labute approximate surface area is 116 Å². The first-order valence-electron chi connectivity index (χ1n) is 6.21. The second kappa shape index (κ2) is 4.78. The van der Waals surface area contributed by atoms with Crippen LogP contribution in [0.1, 0.15) is 28.3 Å². The third-order valence-corrected chi connectivity index (χ3v) is 3.78. The van der Waals surface area contributed by atoms with Gasteiger partial charge in [0.05, 0.1) is 5.56 Å². The fourth-order valence-corrected chi connectivity index (χ4v) is 2.61. The van der Waals surface area contributed by atoms with Crippen molar-refractivity contribution in [1.82, 2.24) is 0 Å². The average molecular weight is 275 g/mol. The van der Waals surface area contributed by atoms with Crippen LogP contribution in [-0.4, -0.2) is 5.78 Å². The Kier molecular flexibility index (Phi) is 3.11. The van der Waals surface area contributed by atoms with Gasteiger partial charge in [0.25, 0.3) is 0 Å². The summed E-state index contributed by atoms with van der Waals surface area (Å²) in [5, 5.41) is 0.390. The van der Waals surface area contributed by atoms with Crippen molar-refractivity contribution < 1.29 is 9.18 Å². The topological polar surface area (TPSA) is 17.1 Å². The van der Waals surface area contributed by atoms with Gasteiger partial charge in [-0.05, 0) is 36.1 Å². The van der Waals surface area contributed by atoms with Gasteiger partial charge in [0.15, 0.2) is 5.78 Å². The summed E-state index contributed by atoms with van der Waals surface area (Å²) in [5.74, 6) is -0.538. The highest BCUT2D eigenvalue weighted by Crippen LogP contribution is 2.49. The minimum absolute atomic E-state index is 0.107. The third-order valence-electron chi connectivity index (χ3n) is 3.55. The molecule has 0 spiro atoms. The van der Waals surface area contributed by atoms with Gasteiger partial charge >= 0.3 is 0 Å². The standard InChI is InChI=1S/C16H12ClFO/c17-11-6-7-15(18)14(8-11)16(19)13-9-12(13)10-4-2-1-3-5-10/h1-8,12-13H,9H2. The molecule has 96 valence electrons. The molecule has 1 aliphatic rings. The Hall–Kier alpha value is -1.67. The molecule has 3 rings (SSSR count). The van der Waals surface area contributed by atoms with Crippen LogP contribution in [0.4, 0.5) is 4.39 Å². The summed E-state index contributed by atoms with van der Waals surface area (Å²) in [6, 6.07) is 14.0. The Morgan fingerprint density at radius 1 is 1.16 bits per heavy atom. The SMILES string of the molecule is O=C(c1cc(Cl)ccc1F)C1CC1c1ccccc1. The first-order valence-corrected chi connectivity index (χ1v) is 6.59. The van der Waals surface area contributed by atoms with Gasteiger partial charge in [0, 0.05) is 10.9 Å². The lowest BCUT2D eigenvalue weighted by Gasteiger charge is -2.03. The molecule has 0 aromatic heterocycles. The molecular weight excluding hydrogens is 263 g/mol. The predicted octanol–water partition coefficient (Wildman–Crippen LogP) is 4.47. The molecule has 1 nitrogen and oxygen atoms in total. The van der Waals surface area contributed by atoms with Crippen LogP contribution in [0.2, 0.25) is 5.02 Å². The number of Topliss-reactive ketones (excluding diaryl/α,β-unsaturated/α-hetero) is 1. The van der Waals surface area contributed by atoms with Crippen molar-refractivity contribution in [3.63, 3.8) is 0 Å². The number of rotatable bonds is 3. The maximum Gasteiger partial charge on any atom is 0.169 e. The van der Waals surface area contributed by atoms with Crippen LogP contribution >= 0.6 is 11.6 Å². The number of carbonyl (C=O) groups excluding carboxylic acids is 1. The maximum absolute atomic E-state index is 13.7. The largest absolute Gasteiger partial charge is 0.294 e. The van der Waals surface area contributed by atoms with E-state index in [0.29, 0.717) is 5.02 Å². The van der Waals surface area contributed by atoms with Crippen molar-refractivity contribution in [2.45, 2.75) is 12.3 Å². The van der Waals surface area contributed by atoms with Crippen LogP contribution < -0.4 is 0 Å². The van der Waals surface area contributed by atoms with Crippen molar-refractivity contribution in [3.8, 4) is 0 Å². The minimum atomic E-state index is -0.492. The molecule has 0 aliphatic heterocycles. The lowest BCUT2D eigenvalue weighted by Crippen LogP contribution is -2.06. The molecule has 0 saturated heterocycles. The van der Waals surface area contributed by atoms with E-state index in [1.54, 1.807) is 0 Å². The molecule has 2 aromatic rings. The van der Waals surface area contributed by atoms with E-state index in [-0.39, 0.29) is 23.2 Å². The molecule has 2 unspecified atom stereocenters. The van der Waals surface area contributed by atoms with Crippen LogP contribution in [-0.2, 0) is 0 Å². The van der Waals surface area contributed by atoms with Gasteiger partial charge in [-0.15, -0.1) is 0 Å². The highest BCUT2D eigenvalue weighted by Gasteiger charge is 2.44. The van der Waals surface area contributed by atoms with Crippen molar-refractivity contribution in [2.24, 2.45) is 5.92 Å². The third kappa shape index (κ3) is 2.41. The van der Waals surface area contributed by atoms with E-state index < -0.39 is 5.82 Å². The van der Waals surface area contributed by atoms with E-state index in [1.807, 2.05) is 30.3 Å². The molecule has 2 aromatic carbocycles. The highest BCUT2D eigenvalue weighted by atomic mass is 35.5. The molecule has 3 heteroatoms. The van der Waals surface area contributed by atoms with Gasteiger partial charge < -0.3 is 0 Å². The van der Waals surface area contributed by atoms with Gasteiger partial charge in [-0.25, -0.2) is 4.39 Å². The minimum Gasteiger partial charge on any atom is -0.294 e. The first-order chi connectivity index (χ1) is 9.16. The van der Waals surface area contributed by atoms with Crippen LogP contribution in [0.5, 0.6) is 0 Å². The second-order valence-electron chi connectivity index (χ2n) is 4.85. The summed E-state index contributed by atoms with van der Waals surface area (Å²) in [4.78, 5) is 12.3. The average Bonchev–Trinajstić information content (AvgIpc) is 3.22. The maximum atomic E-state index is 13.7. The van der Waals surface area contributed by atoms with Gasteiger partial charge in [-0.2, -0.15) is 0 Å². The quantitative estimate of drug-likeness (QED) is 0.755. The monoisotopic (exact) mass is 274 g/mol. The van der Waals surface area contributed by atoms with Crippen molar-refractivity contribution >= 4 is 17.4 Å². The predicted molar refractivity (Wildman–Crippen MR) is 73.0 cm³/mol. The number of benzene rings is 2. The first kappa shape index (κ1) is 12.4. The van der Waals surface area contributed by atoms with E-state index in [9.17, 15) is 9.18 Å². The zero-order chi connectivity index (χ0) is 13.4. The fraction of sp³-hybridized carbons (Fsp3) is 0.188. The Morgan fingerprint density at radius 2 is 1.89 bits per heavy atom. The van der Waals surface area contributed by atoms with Crippen molar-refractivity contribution in [3.05, 3.63) is 70.5 Å². The Bertz CT molecular complexity index is 624. The molecular formula is C16H12ClFO. The van der Waals surface area contributed by atoms with Crippen LogP contribution in [0, 0.1) is 11.7 Å². The molecule has 2 atom stereocenters. The molecule has 0 bridgehead atoms. The lowest BCUT2D eigenvalue weighted by atomic mass is 10.0. The number of ketones is 1. The van der Waals surface area contributed by atoms with E-state index in [0.717, 1.165) is 12.0 Å².